The molecule has 0 spiro atoms. The summed E-state index contributed by atoms with van der Waals surface area (Å²) in [5, 5.41) is 0. The van der Waals surface area contributed by atoms with Crippen LogP contribution < -0.4 is 0 Å². The molecule has 0 bridgehead atoms. The lowest BCUT2D eigenvalue weighted by Crippen LogP contribution is -2.21. The molecule has 0 aromatic heterocycles. The summed E-state index contributed by atoms with van der Waals surface area (Å²) in [6.07, 6.45) is 1.72. The van der Waals surface area contributed by atoms with Crippen molar-refractivity contribution in [3.63, 3.8) is 0 Å². The van der Waals surface area contributed by atoms with E-state index in [1.54, 1.807) is 0 Å². The highest BCUT2D eigenvalue weighted by Gasteiger charge is 2.76. The van der Waals surface area contributed by atoms with Crippen molar-refractivity contribution in [2.24, 2.45) is 0 Å². The number of hydrogen-bond donors (Lipinski definition) is 0. The van der Waals surface area contributed by atoms with Crippen molar-refractivity contribution >= 4 is 5.78 Å². The van der Waals surface area contributed by atoms with Gasteiger partial charge in [-0.15, -0.1) is 0 Å². The van der Waals surface area contributed by atoms with Crippen LogP contribution in [0.25, 0.3) is 0 Å². The van der Waals surface area contributed by atoms with Crippen LogP contribution in [0.4, 0.5) is 0 Å². The molecule has 0 aliphatic heterocycles. The van der Waals surface area contributed by atoms with Gasteiger partial charge in [-0.1, -0.05) is 74.5 Å². The molecule has 3 rings (SSSR count). The van der Waals surface area contributed by atoms with Crippen molar-refractivity contribution in [1.82, 2.24) is 0 Å². The molecular formula is C19H20O. The summed E-state index contributed by atoms with van der Waals surface area (Å²) in [4.78, 5) is 12.9. The molecule has 0 radical (unpaired) electrons. The fourth-order valence-electron chi connectivity index (χ4n) is 4.01. The third-order valence-corrected chi connectivity index (χ3v) is 5.04. The highest BCUT2D eigenvalue weighted by atomic mass is 16.1. The van der Waals surface area contributed by atoms with Gasteiger partial charge in [0, 0.05) is 0 Å². The second-order valence-corrected chi connectivity index (χ2v) is 5.58. The van der Waals surface area contributed by atoms with Crippen LogP contribution in [-0.4, -0.2) is 5.78 Å². The van der Waals surface area contributed by atoms with Crippen LogP contribution in [0, 0.1) is 0 Å². The molecule has 0 heterocycles. The van der Waals surface area contributed by atoms with Gasteiger partial charge in [-0.25, -0.2) is 0 Å². The number of hydrogen-bond acceptors (Lipinski definition) is 1. The standard InChI is InChI=1S/C19H20O/c1-3-18(15-11-7-5-8-12-15)17(20)19(18,4-2)16-13-9-6-10-14-16/h5-14H,3-4H2,1-2H3/t18-,19-/m0/s1. The molecule has 0 saturated heterocycles. The smallest absolute Gasteiger partial charge is 0.156 e. The summed E-state index contributed by atoms with van der Waals surface area (Å²) in [5.74, 6) is 0.382. The zero-order chi connectivity index (χ0) is 14.2. The zero-order valence-corrected chi connectivity index (χ0v) is 12.1. The summed E-state index contributed by atoms with van der Waals surface area (Å²) in [5.41, 5.74) is 1.67. The molecule has 2 aromatic rings. The molecule has 2 aromatic carbocycles. The molecule has 0 N–H and O–H groups in total. The maximum absolute atomic E-state index is 12.9. The van der Waals surface area contributed by atoms with Crippen LogP contribution >= 0.6 is 0 Å². The lowest BCUT2D eigenvalue weighted by molar-refractivity contribution is -0.113. The third-order valence-electron chi connectivity index (χ3n) is 5.04. The van der Waals surface area contributed by atoms with Gasteiger partial charge in [0.25, 0.3) is 0 Å². The second kappa shape index (κ2) is 4.59. The van der Waals surface area contributed by atoms with Gasteiger partial charge in [0.2, 0.25) is 0 Å². The number of carbonyl (C=O) groups is 1. The van der Waals surface area contributed by atoms with E-state index in [2.05, 4.69) is 38.1 Å². The lowest BCUT2D eigenvalue weighted by atomic mass is 9.78. The van der Waals surface area contributed by atoms with E-state index < -0.39 is 0 Å². The third kappa shape index (κ3) is 1.41. The Bertz CT molecular complexity index is 561. The Kier molecular flexibility index (Phi) is 3.01. The Balaban J connectivity index is 2.17. The van der Waals surface area contributed by atoms with Gasteiger partial charge >= 0.3 is 0 Å². The van der Waals surface area contributed by atoms with Gasteiger partial charge in [-0.2, -0.15) is 0 Å². The van der Waals surface area contributed by atoms with E-state index in [-0.39, 0.29) is 10.8 Å². The summed E-state index contributed by atoms with van der Waals surface area (Å²) < 4.78 is 0. The molecule has 0 amide bonds. The highest BCUT2D eigenvalue weighted by molar-refractivity contribution is 6.18. The molecule has 1 heteroatoms. The van der Waals surface area contributed by atoms with Gasteiger partial charge < -0.3 is 0 Å². The molecule has 1 aliphatic rings. The predicted octanol–water partition coefficient (Wildman–Crippen LogP) is 4.27. The van der Waals surface area contributed by atoms with Crippen molar-refractivity contribution in [3.05, 3.63) is 71.8 Å². The summed E-state index contributed by atoms with van der Waals surface area (Å²) >= 11 is 0. The molecule has 20 heavy (non-hydrogen) atoms. The zero-order valence-electron chi connectivity index (χ0n) is 12.1. The lowest BCUT2D eigenvalue weighted by Gasteiger charge is -2.22. The number of rotatable bonds is 4. The van der Waals surface area contributed by atoms with Crippen molar-refractivity contribution < 1.29 is 4.79 Å². The van der Waals surface area contributed by atoms with E-state index in [0.717, 1.165) is 12.8 Å². The highest BCUT2D eigenvalue weighted by Crippen LogP contribution is 2.65. The average molecular weight is 264 g/mol. The molecule has 0 unspecified atom stereocenters. The van der Waals surface area contributed by atoms with Crippen molar-refractivity contribution in [1.29, 1.82) is 0 Å². The van der Waals surface area contributed by atoms with E-state index >= 15 is 0 Å². The first-order chi connectivity index (χ1) is 9.74. The fraction of sp³-hybridized carbons (Fsp3) is 0.316. The van der Waals surface area contributed by atoms with Crippen LogP contribution in [0.5, 0.6) is 0 Å². The predicted molar refractivity (Wildman–Crippen MR) is 81.8 cm³/mol. The number of ketones is 1. The van der Waals surface area contributed by atoms with Crippen LogP contribution in [0.3, 0.4) is 0 Å². The normalized spacial score (nSPS) is 28.4. The number of Topliss-reactive ketones (excluding diaryl/α,β-unsaturated/α-hetero) is 1. The number of benzene rings is 2. The van der Waals surface area contributed by atoms with Crippen LogP contribution in [-0.2, 0) is 15.6 Å². The van der Waals surface area contributed by atoms with E-state index in [1.807, 2.05) is 36.4 Å². The molecule has 1 saturated carbocycles. The Hall–Kier alpha value is -1.89. The summed E-state index contributed by atoms with van der Waals surface area (Å²) in [7, 11) is 0. The monoisotopic (exact) mass is 264 g/mol. The average Bonchev–Trinajstić information content (AvgIpc) is 3.09. The van der Waals surface area contributed by atoms with Crippen LogP contribution in [0.2, 0.25) is 0 Å². The fourth-order valence-corrected chi connectivity index (χ4v) is 4.01. The Morgan fingerprint density at radius 2 is 1.05 bits per heavy atom. The molecule has 2 atom stereocenters. The van der Waals surface area contributed by atoms with Crippen molar-refractivity contribution in [3.8, 4) is 0 Å². The topological polar surface area (TPSA) is 17.1 Å². The molecular weight excluding hydrogens is 244 g/mol. The van der Waals surface area contributed by atoms with Gasteiger partial charge in [-0.3, -0.25) is 4.79 Å². The van der Waals surface area contributed by atoms with E-state index in [0.29, 0.717) is 5.78 Å². The quantitative estimate of drug-likeness (QED) is 0.806. The maximum atomic E-state index is 12.9. The minimum Gasteiger partial charge on any atom is -0.298 e. The summed E-state index contributed by atoms with van der Waals surface area (Å²) in [6.45, 7) is 4.26. The van der Waals surface area contributed by atoms with Gasteiger partial charge in [0.15, 0.2) is 5.78 Å². The minimum absolute atomic E-state index is 0.329. The first-order valence-corrected chi connectivity index (χ1v) is 7.40. The van der Waals surface area contributed by atoms with Crippen LogP contribution in [0.1, 0.15) is 37.8 Å². The Labute approximate surface area is 120 Å². The minimum atomic E-state index is -0.329. The Morgan fingerprint density at radius 1 is 0.700 bits per heavy atom. The van der Waals surface area contributed by atoms with E-state index in [9.17, 15) is 4.79 Å². The van der Waals surface area contributed by atoms with Gasteiger partial charge in [-0.05, 0) is 24.0 Å². The molecule has 102 valence electrons. The van der Waals surface area contributed by atoms with Crippen molar-refractivity contribution in [2.45, 2.75) is 37.5 Å². The first-order valence-electron chi connectivity index (χ1n) is 7.40. The molecule has 1 aliphatic carbocycles. The van der Waals surface area contributed by atoms with Gasteiger partial charge in [0.05, 0.1) is 10.8 Å². The van der Waals surface area contributed by atoms with Gasteiger partial charge in [0.1, 0.15) is 0 Å². The largest absolute Gasteiger partial charge is 0.298 e. The SMILES string of the molecule is CC[C@]1(c2ccccc2)C(=O)[C@]1(CC)c1ccccc1. The maximum Gasteiger partial charge on any atom is 0.156 e. The second-order valence-electron chi connectivity index (χ2n) is 5.58. The number of carbonyl (C=O) groups excluding carboxylic acids is 1. The van der Waals surface area contributed by atoms with E-state index in [4.69, 9.17) is 0 Å². The first kappa shape index (κ1) is 13.1. The molecule has 1 fully saturated rings. The van der Waals surface area contributed by atoms with Crippen LogP contribution in [0.15, 0.2) is 60.7 Å². The van der Waals surface area contributed by atoms with Crippen molar-refractivity contribution in [2.75, 3.05) is 0 Å². The molecule has 1 nitrogen and oxygen atoms in total. The van der Waals surface area contributed by atoms with E-state index in [1.165, 1.54) is 11.1 Å². The Morgan fingerprint density at radius 3 is 1.35 bits per heavy atom. The summed E-state index contributed by atoms with van der Waals surface area (Å²) in [6, 6.07) is 20.5.